The smallest absolute Gasteiger partial charge is 0.244 e. The fraction of sp³-hybridized carbons (Fsp3) is 0. The minimum Gasteiger partial charge on any atom is -0.594 e. The highest BCUT2D eigenvalue weighted by Gasteiger charge is 2.02. The van der Waals surface area contributed by atoms with Gasteiger partial charge in [0.15, 0.2) is 0 Å². The lowest BCUT2D eigenvalue weighted by atomic mass is 10.3. The van der Waals surface area contributed by atoms with Crippen LogP contribution in [-0.4, -0.2) is 4.86 Å². The fourth-order valence-electron chi connectivity index (χ4n) is 1.23. The van der Waals surface area contributed by atoms with Gasteiger partial charge in [0, 0.05) is 17.2 Å². The molecule has 0 unspecified atom stereocenters. The molecule has 80 valence electrons. The maximum absolute atomic E-state index is 12.6. The van der Waals surface area contributed by atoms with E-state index in [1.807, 2.05) is 6.07 Å². The standard InChI is InChI=1S/C12H9FN2O/c13-10-6-8-11(9-7-10)14-15(16)12-4-2-1-3-5-12/h1-9H. The third-order valence-corrected chi connectivity index (χ3v) is 2.01. The Balaban J connectivity index is 2.28. The molecule has 0 aliphatic rings. The molecule has 0 aromatic heterocycles. The van der Waals surface area contributed by atoms with Gasteiger partial charge in [0.25, 0.3) is 0 Å². The first-order chi connectivity index (χ1) is 7.75. The average molecular weight is 216 g/mol. The zero-order valence-electron chi connectivity index (χ0n) is 8.38. The molecular weight excluding hydrogens is 207 g/mol. The van der Waals surface area contributed by atoms with E-state index in [-0.39, 0.29) is 5.82 Å². The third-order valence-electron chi connectivity index (χ3n) is 2.01. The predicted molar refractivity (Wildman–Crippen MR) is 58.2 cm³/mol. The van der Waals surface area contributed by atoms with Crippen molar-refractivity contribution in [2.24, 2.45) is 5.11 Å². The van der Waals surface area contributed by atoms with Gasteiger partial charge in [-0.3, -0.25) is 0 Å². The maximum atomic E-state index is 12.6. The molecule has 0 fully saturated rings. The van der Waals surface area contributed by atoms with Crippen molar-refractivity contribution in [1.82, 2.24) is 0 Å². The van der Waals surface area contributed by atoms with Gasteiger partial charge in [-0.2, -0.15) is 0 Å². The highest BCUT2D eigenvalue weighted by Crippen LogP contribution is 2.17. The van der Waals surface area contributed by atoms with Crippen molar-refractivity contribution < 1.29 is 9.25 Å². The van der Waals surface area contributed by atoms with Crippen molar-refractivity contribution in [2.45, 2.75) is 0 Å². The summed E-state index contributed by atoms with van der Waals surface area (Å²) in [7, 11) is 0. The number of halogens is 1. The van der Waals surface area contributed by atoms with E-state index in [1.165, 1.54) is 24.3 Å². The molecule has 0 spiro atoms. The Bertz CT molecular complexity index is 494. The summed E-state index contributed by atoms with van der Waals surface area (Å²) in [5, 5.41) is 15.3. The number of rotatable bonds is 2. The number of para-hydroxylation sites is 1. The minimum absolute atomic E-state index is 0.351. The van der Waals surface area contributed by atoms with Gasteiger partial charge in [-0.15, -0.1) is 0 Å². The first kappa shape index (κ1) is 10.3. The van der Waals surface area contributed by atoms with E-state index in [0.717, 1.165) is 0 Å². The van der Waals surface area contributed by atoms with E-state index in [0.29, 0.717) is 16.2 Å². The van der Waals surface area contributed by atoms with Gasteiger partial charge in [0.1, 0.15) is 11.5 Å². The van der Waals surface area contributed by atoms with Crippen LogP contribution in [-0.2, 0) is 0 Å². The number of hydrogen-bond donors (Lipinski definition) is 0. The second kappa shape index (κ2) is 4.53. The number of azo groups is 1. The van der Waals surface area contributed by atoms with Gasteiger partial charge in [-0.05, 0) is 24.3 Å². The van der Waals surface area contributed by atoms with Gasteiger partial charge in [0.2, 0.25) is 5.69 Å². The Morgan fingerprint density at radius 3 is 2.19 bits per heavy atom. The molecule has 0 saturated carbocycles. The molecular formula is C12H9FN2O. The molecule has 0 aliphatic carbocycles. The van der Waals surface area contributed by atoms with E-state index in [4.69, 9.17) is 0 Å². The Labute approximate surface area is 92.1 Å². The highest BCUT2D eigenvalue weighted by molar-refractivity contribution is 5.35. The van der Waals surface area contributed by atoms with Crippen LogP contribution in [0.15, 0.2) is 59.7 Å². The van der Waals surface area contributed by atoms with E-state index in [9.17, 15) is 9.60 Å². The van der Waals surface area contributed by atoms with Crippen LogP contribution in [0, 0.1) is 11.0 Å². The topological polar surface area (TPSA) is 38.4 Å². The molecule has 0 N–H and O–H groups in total. The molecule has 2 aromatic rings. The lowest BCUT2D eigenvalue weighted by Gasteiger charge is -1.98. The number of nitrogens with zero attached hydrogens (tertiary/aromatic N) is 2. The molecule has 0 saturated heterocycles. The van der Waals surface area contributed by atoms with Crippen LogP contribution in [0.1, 0.15) is 0 Å². The van der Waals surface area contributed by atoms with Gasteiger partial charge >= 0.3 is 0 Å². The van der Waals surface area contributed by atoms with E-state index in [2.05, 4.69) is 5.11 Å². The van der Waals surface area contributed by atoms with E-state index in [1.54, 1.807) is 24.3 Å². The fourth-order valence-corrected chi connectivity index (χ4v) is 1.23. The summed E-state index contributed by atoms with van der Waals surface area (Å²) in [5.74, 6) is -0.351. The van der Waals surface area contributed by atoms with Crippen molar-refractivity contribution in [1.29, 1.82) is 0 Å². The number of benzene rings is 2. The monoisotopic (exact) mass is 216 g/mol. The van der Waals surface area contributed by atoms with Crippen molar-refractivity contribution in [2.75, 3.05) is 0 Å². The third kappa shape index (κ3) is 2.42. The summed E-state index contributed by atoms with van der Waals surface area (Å²) in [6, 6.07) is 14.0. The lowest BCUT2D eigenvalue weighted by Crippen LogP contribution is -1.89. The first-order valence-corrected chi connectivity index (χ1v) is 4.75. The minimum atomic E-state index is -0.351. The Morgan fingerprint density at radius 1 is 0.938 bits per heavy atom. The summed E-state index contributed by atoms with van der Waals surface area (Å²) in [6.45, 7) is 0. The molecule has 0 bridgehead atoms. The van der Waals surface area contributed by atoms with E-state index >= 15 is 0 Å². The average Bonchev–Trinajstić information content (AvgIpc) is 2.33. The Kier molecular flexibility index (Phi) is 2.91. The second-order valence-electron chi connectivity index (χ2n) is 3.18. The molecule has 3 nitrogen and oxygen atoms in total. The summed E-state index contributed by atoms with van der Waals surface area (Å²) < 4.78 is 12.6. The van der Waals surface area contributed by atoms with Crippen LogP contribution in [0.5, 0.6) is 0 Å². The van der Waals surface area contributed by atoms with E-state index < -0.39 is 0 Å². The van der Waals surface area contributed by atoms with Crippen LogP contribution in [0.2, 0.25) is 0 Å². The molecule has 16 heavy (non-hydrogen) atoms. The summed E-state index contributed by atoms with van der Waals surface area (Å²) in [4.78, 5) is 0.507. The van der Waals surface area contributed by atoms with Crippen LogP contribution < -0.4 is 0 Å². The van der Waals surface area contributed by atoms with Gasteiger partial charge < -0.3 is 5.21 Å². The number of hydrogen-bond acceptors (Lipinski definition) is 2. The van der Waals surface area contributed by atoms with Crippen LogP contribution >= 0.6 is 0 Å². The van der Waals surface area contributed by atoms with Crippen molar-refractivity contribution in [3.05, 3.63) is 65.6 Å². The summed E-state index contributed by atoms with van der Waals surface area (Å²) in [6.07, 6.45) is 0. The summed E-state index contributed by atoms with van der Waals surface area (Å²) in [5.41, 5.74) is 0.854. The van der Waals surface area contributed by atoms with Crippen molar-refractivity contribution in [3.63, 3.8) is 0 Å². The molecule has 0 aliphatic heterocycles. The molecule has 0 atom stereocenters. The zero-order chi connectivity index (χ0) is 11.4. The predicted octanol–water partition coefficient (Wildman–Crippen LogP) is 3.75. The lowest BCUT2D eigenvalue weighted by molar-refractivity contribution is -0.435. The maximum Gasteiger partial charge on any atom is 0.244 e. The quantitative estimate of drug-likeness (QED) is 0.428. The normalized spacial score (nSPS) is 11.4. The molecule has 0 heterocycles. The van der Waals surface area contributed by atoms with Gasteiger partial charge in [-0.25, -0.2) is 4.39 Å². The molecule has 4 heteroatoms. The Hall–Kier alpha value is -2.23. The van der Waals surface area contributed by atoms with Crippen LogP contribution in [0.25, 0.3) is 0 Å². The van der Waals surface area contributed by atoms with Crippen molar-refractivity contribution in [3.8, 4) is 0 Å². The molecule has 2 aromatic carbocycles. The molecule has 0 radical (unpaired) electrons. The molecule has 2 rings (SSSR count). The first-order valence-electron chi connectivity index (χ1n) is 4.75. The molecule has 0 amide bonds. The summed E-state index contributed by atoms with van der Waals surface area (Å²) >= 11 is 0. The zero-order valence-corrected chi connectivity index (χ0v) is 8.38. The Morgan fingerprint density at radius 2 is 1.56 bits per heavy atom. The second-order valence-corrected chi connectivity index (χ2v) is 3.18. The van der Waals surface area contributed by atoms with Crippen LogP contribution in [0.4, 0.5) is 15.8 Å². The SMILES string of the molecule is [O-][N+](=Nc1ccc(F)cc1)c1ccccc1. The van der Waals surface area contributed by atoms with Gasteiger partial charge in [-0.1, -0.05) is 23.1 Å². The van der Waals surface area contributed by atoms with Gasteiger partial charge in [0.05, 0.1) is 0 Å². The largest absolute Gasteiger partial charge is 0.594 e. The van der Waals surface area contributed by atoms with Crippen LogP contribution in [0.3, 0.4) is 0 Å². The van der Waals surface area contributed by atoms with Crippen molar-refractivity contribution >= 4 is 11.4 Å². The highest BCUT2D eigenvalue weighted by atomic mass is 19.1.